The van der Waals surface area contributed by atoms with Gasteiger partial charge in [0.15, 0.2) is 0 Å². The highest BCUT2D eigenvalue weighted by atomic mass is 32.2. The van der Waals surface area contributed by atoms with Crippen LogP contribution in [0.3, 0.4) is 0 Å². The molecular weight excluding hydrogens is 348 g/mol. The number of carbonyl (C=O) groups excluding carboxylic acids is 1. The Morgan fingerprint density at radius 2 is 1.85 bits per heavy atom. The second kappa shape index (κ2) is 7.50. The number of hydrogen-bond acceptors (Lipinski definition) is 3. The van der Waals surface area contributed by atoms with Crippen molar-refractivity contribution in [3.05, 3.63) is 59.2 Å². The molecule has 1 amide bonds. The Balaban J connectivity index is 1.77. The summed E-state index contributed by atoms with van der Waals surface area (Å²) in [4.78, 5) is 12.5. The third-order valence-electron chi connectivity index (χ3n) is 4.73. The van der Waals surface area contributed by atoms with E-state index in [2.05, 4.69) is 18.3 Å². The van der Waals surface area contributed by atoms with Crippen molar-refractivity contribution in [2.24, 2.45) is 0 Å². The zero-order valence-electron chi connectivity index (χ0n) is 15.2. The number of nitrogens with one attached hydrogen (secondary N) is 1. The Hall–Kier alpha value is -2.34. The number of amides is 1. The van der Waals surface area contributed by atoms with E-state index in [-0.39, 0.29) is 11.7 Å². The van der Waals surface area contributed by atoms with Crippen LogP contribution in [0.15, 0.2) is 42.5 Å². The van der Waals surface area contributed by atoms with Crippen molar-refractivity contribution < 1.29 is 13.2 Å². The summed E-state index contributed by atoms with van der Waals surface area (Å²) in [5, 5.41) is 2.95. The molecule has 0 spiro atoms. The zero-order valence-corrected chi connectivity index (χ0v) is 16.0. The quantitative estimate of drug-likeness (QED) is 0.889. The lowest BCUT2D eigenvalue weighted by molar-refractivity contribution is 0.102. The van der Waals surface area contributed by atoms with Gasteiger partial charge in [-0.2, -0.15) is 0 Å². The monoisotopic (exact) mass is 372 g/mol. The molecule has 26 heavy (non-hydrogen) atoms. The van der Waals surface area contributed by atoms with Gasteiger partial charge in [-0.05, 0) is 67.6 Å². The first kappa shape index (κ1) is 18.5. The van der Waals surface area contributed by atoms with Gasteiger partial charge in [-0.3, -0.25) is 9.10 Å². The second-order valence-corrected chi connectivity index (χ2v) is 8.61. The first-order valence-corrected chi connectivity index (χ1v) is 10.5. The van der Waals surface area contributed by atoms with Gasteiger partial charge in [0.05, 0.1) is 11.4 Å². The van der Waals surface area contributed by atoms with Crippen LogP contribution in [0.4, 0.5) is 11.4 Å². The van der Waals surface area contributed by atoms with Crippen molar-refractivity contribution in [3.63, 3.8) is 0 Å². The number of rotatable bonds is 4. The fraction of sp³-hybridized carbons (Fsp3) is 0.350. The molecule has 2 aromatic rings. The van der Waals surface area contributed by atoms with Gasteiger partial charge in [0, 0.05) is 17.8 Å². The molecule has 2 aromatic carbocycles. The Bertz CT molecular complexity index is 905. The molecule has 1 N–H and O–H groups in total. The lowest BCUT2D eigenvalue weighted by Gasteiger charge is -2.28. The predicted octanol–water partition coefficient (Wildman–Crippen LogP) is 3.74. The lowest BCUT2D eigenvalue weighted by atomic mass is 10.1. The molecule has 1 saturated heterocycles. The number of sulfonamides is 1. The Kier molecular flexibility index (Phi) is 5.32. The molecule has 1 heterocycles. The molecule has 3 rings (SSSR count). The number of nitrogens with zero attached hydrogens (tertiary/aromatic N) is 1. The van der Waals surface area contributed by atoms with Gasteiger partial charge >= 0.3 is 0 Å². The van der Waals surface area contributed by atoms with Gasteiger partial charge in [-0.1, -0.05) is 19.1 Å². The number of benzene rings is 2. The predicted molar refractivity (Wildman–Crippen MR) is 105 cm³/mol. The molecule has 5 nitrogen and oxygen atoms in total. The fourth-order valence-corrected chi connectivity index (χ4v) is 4.72. The first-order chi connectivity index (χ1) is 12.4. The molecule has 1 fully saturated rings. The minimum absolute atomic E-state index is 0.183. The molecule has 0 saturated carbocycles. The van der Waals surface area contributed by atoms with Gasteiger partial charge in [-0.25, -0.2) is 8.42 Å². The number of anilines is 2. The van der Waals surface area contributed by atoms with Gasteiger partial charge < -0.3 is 5.32 Å². The van der Waals surface area contributed by atoms with E-state index in [0.29, 0.717) is 24.2 Å². The third kappa shape index (κ3) is 3.90. The molecule has 0 aliphatic carbocycles. The van der Waals surface area contributed by atoms with Crippen LogP contribution in [0.25, 0.3) is 0 Å². The second-order valence-electron chi connectivity index (χ2n) is 6.60. The Labute approximate surface area is 155 Å². The SMILES string of the molecule is CCc1ccc(C)c(NC(=O)c2ccc(N3CCCCS3(=O)=O)cc2)c1. The molecule has 0 radical (unpaired) electrons. The Morgan fingerprint density at radius 1 is 1.12 bits per heavy atom. The summed E-state index contributed by atoms with van der Waals surface area (Å²) in [6.45, 7) is 4.53. The van der Waals surface area contributed by atoms with Crippen LogP contribution in [-0.4, -0.2) is 26.6 Å². The van der Waals surface area contributed by atoms with Crippen LogP contribution in [0, 0.1) is 6.92 Å². The Morgan fingerprint density at radius 3 is 2.50 bits per heavy atom. The van der Waals surface area contributed by atoms with E-state index in [9.17, 15) is 13.2 Å². The smallest absolute Gasteiger partial charge is 0.255 e. The maximum Gasteiger partial charge on any atom is 0.255 e. The topological polar surface area (TPSA) is 66.5 Å². The van der Waals surface area contributed by atoms with Crippen molar-refractivity contribution in [2.45, 2.75) is 33.1 Å². The minimum atomic E-state index is -3.24. The summed E-state index contributed by atoms with van der Waals surface area (Å²) in [5.74, 6) is -0.0168. The average molecular weight is 372 g/mol. The summed E-state index contributed by atoms with van der Waals surface area (Å²) < 4.78 is 25.8. The van der Waals surface area contributed by atoms with Crippen molar-refractivity contribution in [2.75, 3.05) is 21.9 Å². The lowest BCUT2D eigenvalue weighted by Crippen LogP contribution is -2.37. The van der Waals surface area contributed by atoms with Crippen molar-refractivity contribution in [1.82, 2.24) is 0 Å². The molecule has 138 valence electrons. The summed E-state index contributed by atoms with van der Waals surface area (Å²) in [7, 11) is -3.24. The maximum atomic E-state index is 12.5. The maximum absolute atomic E-state index is 12.5. The van der Waals surface area contributed by atoms with E-state index in [1.54, 1.807) is 24.3 Å². The van der Waals surface area contributed by atoms with Crippen LogP contribution >= 0.6 is 0 Å². The number of hydrogen-bond donors (Lipinski definition) is 1. The molecule has 6 heteroatoms. The normalized spacial score (nSPS) is 16.3. The number of carbonyl (C=O) groups is 1. The standard InChI is InChI=1S/C20H24N2O3S/c1-3-16-7-6-15(2)19(14-16)21-20(23)17-8-10-18(11-9-17)22-12-4-5-13-26(22,24)25/h6-11,14H,3-5,12-13H2,1-2H3,(H,21,23). The van der Waals surface area contributed by atoms with Crippen molar-refractivity contribution in [1.29, 1.82) is 0 Å². The van der Waals surface area contributed by atoms with Gasteiger partial charge in [-0.15, -0.1) is 0 Å². The van der Waals surface area contributed by atoms with Crippen LogP contribution in [0.2, 0.25) is 0 Å². The van der Waals surface area contributed by atoms with E-state index in [4.69, 9.17) is 0 Å². The molecule has 0 aromatic heterocycles. The number of aryl methyl sites for hydroxylation is 2. The van der Waals surface area contributed by atoms with Crippen LogP contribution < -0.4 is 9.62 Å². The van der Waals surface area contributed by atoms with E-state index in [0.717, 1.165) is 29.7 Å². The first-order valence-electron chi connectivity index (χ1n) is 8.92. The third-order valence-corrected chi connectivity index (χ3v) is 6.59. The minimum Gasteiger partial charge on any atom is -0.322 e. The molecule has 1 aliphatic rings. The average Bonchev–Trinajstić information content (AvgIpc) is 2.63. The summed E-state index contributed by atoms with van der Waals surface area (Å²) in [6.07, 6.45) is 2.46. The van der Waals surface area contributed by atoms with E-state index in [1.807, 2.05) is 19.1 Å². The molecule has 1 aliphatic heterocycles. The van der Waals surface area contributed by atoms with Crippen LogP contribution in [0.1, 0.15) is 41.3 Å². The molecule has 0 unspecified atom stereocenters. The molecule has 0 atom stereocenters. The highest BCUT2D eigenvalue weighted by Gasteiger charge is 2.26. The van der Waals surface area contributed by atoms with Crippen molar-refractivity contribution in [3.8, 4) is 0 Å². The highest BCUT2D eigenvalue weighted by molar-refractivity contribution is 7.92. The largest absolute Gasteiger partial charge is 0.322 e. The van der Waals surface area contributed by atoms with Crippen LogP contribution in [-0.2, 0) is 16.4 Å². The molecule has 0 bridgehead atoms. The van der Waals surface area contributed by atoms with Crippen molar-refractivity contribution >= 4 is 27.3 Å². The van der Waals surface area contributed by atoms with Gasteiger partial charge in [0.25, 0.3) is 5.91 Å². The van der Waals surface area contributed by atoms with E-state index >= 15 is 0 Å². The highest BCUT2D eigenvalue weighted by Crippen LogP contribution is 2.24. The van der Waals surface area contributed by atoms with Gasteiger partial charge in [0.1, 0.15) is 0 Å². The summed E-state index contributed by atoms with van der Waals surface area (Å²) >= 11 is 0. The van der Waals surface area contributed by atoms with Crippen LogP contribution in [0.5, 0.6) is 0 Å². The summed E-state index contributed by atoms with van der Waals surface area (Å²) in [6, 6.07) is 12.8. The van der Waals surface area contributed by atoms with E-state index < -0.39 is 10.0 Å². The summed E-state index contributed by atoms with van der Waals surface area (Å²) in [5.41, 5.74) is 4.09. The molecular formula is C20H24N2O3S. The van der Waals surface area contributed by atoms with E-state index in [1.165, 1.54) is 4.31 Å². The zero-order chi connectivity index (χ0) is 18.7. The fourth-order valence-electron chi connectivity index (χ4n) is 3.08. The van der Waals surface area contributed by atoms with Gasteiger partial charge in [0.2, 0.25) is 10.0 Å².